The van der Waals surface area contributed by atoms with Crippen molar-refractivity contribution < 1.29 is 14.4 Å². The van der Waals surface area contributed by atoms with Gasteiger partial charge in [-0.15, -0.1) is 0 Å². The number of carbonyl (C=O) groups excluding carboxylic acids is 3. The predicted octanol–water partition coefficient (Wildman–Crippen LogP) is 3.04. The van der Waals surface area contributed by atoms with Gasteiger partial charge in [0.25, 0.3) is 5.91 Å². The Kier molecular flexibility index (Phi) is 5.62. The van der Waals surface area contributed by atoms with Crippen LogP contribution in [0.25, 0.3) is 0 Å². The maximum absolute atomic E-state index is 13.2. The molecule has 2 N–H and O–H groups in total. The molecule has 4 rings (SSSR count). The summed E-state index contributed by atoms with van der Waals surface area (Å²) in [4.78, 5) is 41.5. The highest BCUT2D eigenvalue weighted by Gasteiger charge is 2.56. The average Bonchev–Trinajstić information content (AvgIpc) is 3.47. The maximum Gasteiger partial charge on any atom is 0.322 e. The number of amides is 4. The highest BCUT2D eigenvalue weighted by Crippen LogP contribution is 2.44. The van der Waals surface area contributed by atoms with Gasteiger partial charge in [-0.1, -0.05) is 30.1 Å². The van der Waals surface area contributed by atoms with E-state index in [0.717, 1.165) is 18.5 Å². The first kappa shape index (κ1) is 21.2. The molecule has 0 spiro atoms. The van der Waals surface area contributed by atoms with Crippen molar-refractivity contribution in [3.05, 3.63) is 28.2 Å². The number of anilines is 1. The molecule has 2 heterocycles. The Morgan fingerprint density at radius 2 is 1.87 bits per heavy atom. The van der Waals surface area contributed by atoms with E-state index < -0.39 is 11.6 Å². The van der Waals surface area contributed by atoms with Gasteiger partial charge < -0.3 is 15.1 Å². The first-order valence-electron chi connectivity index (χ1n) is 10.3. The van der Waals surface area contributed by atoms with Crippen molar-refractivity contribution in [2.75, 3.05) is 24.5 Å². The number of hydrogen-bond acceptors (Lipinski definition) is 4. The number of piperazine rings is 1. The molecule has 0 bridgehead atoms. The summed E-state index contributed by atoms with van der Waals surface area (Å²) in [7, 11) is 0. The molecular formula is C21H26Cl2N4O3. The molecule has 1 aliphatic carbocycles. The molecule has 1 aromatic carbocycles. The summed E-state index contributed by atoms with van der Waals surface area (Å²) in [6, 6.07) is 5.09. The van der Waals surface area contributed by atoms with Crippen LogP contribution in [0.1, 0.15) is 33.1 Å². The summed E-state index contributed by atoms with van der Waals surface area (Å²) in [5.41, 5.74) is -0.00453. The Morgan fingerprint density at radius 1 is 1.20 bits per heavy atom. The Bertz CT molecular complexity index is 871. The number of benzene rings is 1. The molecule has 1 aromatic rings. The third-order valence-corrected chi connectivity index (χ3v) is 6.85. The summed E-state index contributed by atoms with van der Waals surface area (Å²) in [5.74, 6) is -0.540. The van der Waals surface area contributed by atoms with Gasteiger partial charge in [0, 0.05) is 47.3 Å². The first-order valence-corrected chi connectivity index (χ1v) is 11.1. The molecule has 3 atom stereocenters. The van der Waals surface area contributed by atoms with Crippen LogP contribution in [0.2, 0.25) is 10.0 Å². The van der Waals surface area contributed by atoms with Crippen molar-refractivity contribution in [1.29, 1.82) is 0 Å². The van der Waals surface area contributed by atoms with Crippen molar-refractivity contribution in [2.45, 2.75) is 44.7 Å². The number of halogens is 2. The normalized spacial score (nSPS) is 27.7. The molecular weight excluding hydrogens is 427 g/mol. The lowest BCUT2D eigenvalue weighted by Gasteiger charge is -2.42. The Hall–Kier alpha value is -1.99. The van der Waals surface area contributed by atoms with Gasteiger partial charge in [0.1, 0.15) is 5.54 Å². The third kappa shape index (κ3) is 3.97. The molecule has 7 nitrogen and oxygen atoms in total. The minimum Gasteiger partial charge on any atom is -0.365 e. The molecule has 0 aromatic heterocycles. The third-order valence-electron chi connectivity index (χ3n) is 6.41. The van der Waals surface area contributed by atoms with Gasteiger partial charge in [-0.2, -0.15) is 0 Å². The van der Waals surface area contributed by atoms with E-state index in [1.54, 1.807) is 6.07 Å². The van der Waals surface area contributed by atoms with Crippen molar-refractivity contribution in [3.8, 4) is 0 Å². The second-order valence-corrected chi connectivity index (χ2v) is 9.59. The molecule has 0 radical (unpaired) electrons. The lowest BCUT2D eigenvalue weighted by atomic mass is 9.83. The SMILES string of the molecule is CC(CC1(C2CC2)NC(=O)NC1=O)C(=O)N1CCN(c2cc(Cl)cc(Cl)c2)[C@@H](C)C1. The standard InChI is InChI=1S/C21H26Cl2N4O3/c1-12(10-21(14-3-4-14)19(29)24-20(30)25-21)18(28)26-5-6-27(13(2)11-26)17-8-15(22)7-16(23)9-17/h7-9,12-14H,3-6,10-11H2,1-2H3,(H2,24,25,29,30)/t12?,13-,21?/m0/s1. The average molecular weight is 453 g/mol. The van der Waals surface area contributed by atoms with Gasteiger partial charge in [-0.05, 0) is 50.3 Å². The smallest absolute Gasteiger partial charge is 0.322 e. The van der Waals surface area contributed by atoms with Crippen molar-refractivity contribution >= 4 is 46.7 Å². The number of imide groups is 1. The van der Waals surface area contributed by atoms with Gasteiger partial charge >= 0.3 is 6.03 Å². The summed E-state index contributed by atoms with van der Waals surface area (Å²) >= 11 is 12.3. The summed E-state index contributed by atoms with van der Waals surface area (Å²) in [6.07, 6.45) is 2.12. The Balaban J connectivity index is 1.42. The molecule has 3 aliphatic rings. The van der Waals surface area contributed by atoms with Crippen molar-refractivity contribution in [2.24, 2.45) is 11.8 Å². The number of hydrogen-bond donors (Lipinski definition) is 2. The van der Waals surface area contributed by atoms with E-state index >= 15 is 0 Å². The van der Waals surface area contributed by atoms with E-state index in [4.69, 9.17) is 23.2 Å². The summed E-state index contributed by atoms with van der Waals surface area (Å²) in [5, 5.41) is 6.33. The maximum atomic E-state index is 13.2. The number of carbonyl (C=O) groups is 3. The molecule has 2 aliphatic heterocycles. The minimum atomic E-state index is -0.947. The lowest BCUT2D eigenvalue weighted by molar-refractivity contribution is -0.137. The molecule has 1 saturated carbocycles. The lowest BCUT2D eigenvalue weighted by Crippen LogP contribution is -2.56. The molecule has 2 unspecified atom stereocenters. The highest BCUT2D eigenvalue weighted by molar-refractivity contribution is 6.35. The van der Waals surface area contributed by atoms with Crippen LogP contribution in [0.4, 0.5) is 10.5 Å². The van der Waals surface area contributed by atoms with Gasteiger partial charge in [0.15, 0.2) is 0 Å². The first-order chi connectivity index (χ1) is 14.2. The van der Waals surface area contributed by atoms with Crippen LogP contribution in [-0.4, -0.2) is 54.0 Å². The molecule has 162 valence electrons. The van der Waals surface area contributed by atoms with Crippen molar-refractivity contribution in [1.82, 2.24) is 15.5 Å². The second kappa shape index (κ2) is 7.93. The van der Waals surface area contributed by atoms with Crippen LogP contribution in [0, 0.1) is 11.8 Å². The van der Waals surface area contributed by atoms with E-state index in [1.165, 1.54) is 0 Å². The number of nitrogens with zero attached hydrogens (tertiary/aromatic N) is 2. The quantitative estimate of drug-likeness (QED) is 0.672. The molecule has 9 heteroatoms. The van der Waals surface area contributed by atoms with Crippen LogP contribution < -0.4 is 15.5 Å². The van der Waals surface area contributed by atoms with Crippen LogP contribution in [-0.2, 0) is 9.59 Å². The van der Waals surface area contributed by atoms with Gasteiger partial charge in [-0.3, -0.25) is 14.9 Å². The largest absolute Gasteiger partial charge is 0.365 e. The van der Waals surface area contributed by atoms with Crippen LogP contribution in [0.15, 0.2) is 18.2 Å². The topological polar surface area (TPSA) is 81.8 Å². The van der Waals surface area contributed by atoms with E-state index in [-0.39, 0.29) is 29.7 Å². The van der Waals surface area contributed by atoms with E-state index in [1.807, 2.05) is 24.0 Å². The van der Waals surface area contributed by atoms with Gasteiger partial charge in [0.2, 0.25) is 5.91 Å². The fourth-order valence-corrected chi connectivity index (χ4v) is 5.32. The fraction of sp³-hybridized carbons (Fsp3) is 0.571. The number of urea groups is 1. The van der Waals surface area contributed by atoms with Crippen molar-refractivity contribution in [3.63, 3.8) is 0 Å². The molecule has 3 fully saturated rings. The highest BCUT2D eigenvalue weighted by atomic mass is 35.5. The second-order valence-electron chi connectivity index (χ2n) is 8.71. The van der Waals surface area contributed by atoms with E-state index in [0.29, 0.717) is 36.1 Å². The van der Waals surface area contributed by atoms with Crippen LogP contribution in [0.3, 0.4) is 0 Å². The number of nitrogens with one attached hydrogen (secondary N) is 2. The fourth-order valence-electron chi connectivity index (χ4n) is 4.81. The number of rotatable bonds is 5. The van der Waals surface area contributed by atoms with E-state index in [9.17, 15) is 14.4 Å². The Morgan fingerprint density at radius 3 is 2.40 bits per heavy atom. The minimum absolute atomic E-state index is 0.0135. The zero-order chi connectivity index (χ0) is 21.6. The molecule has 30 heavy (non-hydrogen) atoms. The predicted molar refractivity (Wildman–Crippen MR) is 116 cm³/mol. The van der Waals surface area contributed by atoms with Gasteiger partial charge in [-0.25, -0.2) is 4.79 Å². The molecule has 4 amide bonds. The Labute approximate surface area is 186 Å². The van der Waals surface area contributed by atoms with Gasteiger partial charge in [0.05, 0.1) is 0 Å². The zero-order valence-corrected chi connectivity index (χ0v) is 18.6. The molecule has 2 saturated heterocycles. The monoisotopic (exact) mass is 452 g/mol. The summed E-state index contributed by atoms with van der Waals surface area (Å²) in [6.45, 7) is 5.73. The van der Waals surface area contributed by atoms with Crippen LogP contribution in [0.5, 0.6) is 0 Å². The zero-order valence-electron chi connectivity index (χ0n) is 17.1. The summed E-state index contributed by atoms with van der Waals surface area (Å²) < 4.78 is 0. The van der Waals surface area contributed by atoms with Crippen LogP contribution >= 0.6 is 23.2 Å². The van der Waals surface area contributed by atoms with E-state index in [2.05, 4.69) is 22.5 Å².